The number of nitriles is 1. The second-order valence-electron chi connectivity index (χ2n) is 14.7. The number of fused-ring (bicyclic) bond motifs is 2. The minimum atomic E-state index is -1.41. The van der Waals surface area contributed by atoms with Crippen molar-refractivity contribution < 1.29 is 23.5 Å². The van der Waals surface area contributed by atoms with Gasteiger partial charge in [0.1, 0.15) is 22.9 Å². The van der Waals surface area contributed by atoms with Gasteiger partial charge in [-0.15, -0.1) is 5.10 Å². The summed E-state index contributed by atoms with van der Waals surface area (Å²) in [5.74, 6) is -0.0991. The first kappa shape index (κ1) is 34.4. The fourth-order valence-corrected chi connectivity index (χ4v) is 6.33. The van der Waals surface area contributed by atoms with Crippen LogP contribution in [0, 0.1) is 18.3 Å². The summed E-state index contributed by atoms with van der Waals surface area (Å²) in [4.78, 5) is 34.7. The fourth-order valence-electron chi connectivity index (χ4n) is 6.33. The van der Waals surface area contributed by atoms with E-state index in [0.29, 0.717) is 35.3 Å². The molecule has 3 aromatic heterocycles. The van der Waals surface area contributed by atoms with Crippen molar-refractivity contribution in [3.05, 3.63) is 89.2 Å². The highest BCUT2D eigenvalue weighted by atomic mass is 19.1. The van der Waals surface area contributed by atoms with Crippen LogP contribution in [0.15, 0.2) is 66.7 Å². The van der Waals surface area contributed by atoms with Gasteiger partial charge in [-0.3, -0.25) is 9.47 Å². The van der Waals surface area contributed by atoms with Crippen molar-refractivity contribution in [3.8, 4) is 12.0 Å². The van der Waals surface area contributed by atoms with Crippen LogP contribution < -0.4 is 4.90 Å². The normalized spacial score (nSPS) is 16.7. The monoisotopic (exact) mass is 679 g/mol. The van der Waals surface area contributed by atoms with Crippen LogP contribution >= 0.6 is 0 Å². The van der Waals surface area contributed by atoms with Crippen molar-refractivity contribution in [3.63, 3.8) is 0 Å². The highest BCUT2D eigenvalue weighted by molar-refractivity contribution is 5.92. The summed E-state index contributed by atoms with van der Waals surface area (Å²) < 4.78 is 31.0. The Bertz CT molecular complexity index is 2100. The molecule has 2 atom stereocenters. The Labute approximate surface area is 290 Å². The van der Waals surface area contributed by atoms with Crippen LogP contribution in [0.5, 0.6) is 0 Å². The maximum atomic E-state index is 16.1. The van der Waals surface area contributed by atoms with E-state index in [1.54, 1.807) is 64.3 Å². The second kappa shape index (κ2) is 13.1. The molecule has 1 fully saturated rings. The Kier molecular flexibility index (Phi) is 9.03. The summed E-state index contributed by atoms with van der Waals surface area (Å²) >= 11 is 0. The maximum Gasteiger partial charge on any atom is 0.416 e. The number of likely N-dealkylation sites (tertiary alicyclic amines) is 1. The van der Waals surface area contributed by atoms with Crippen molar-refractivity contribution in [1.29, 1.82) is 5.26 Å². The summed E-state index contributed by atoms with van der Waals surface area (Å²) in [6.07, 6.45) is -2.23. The zero-order valence-corrected chi connectivity index (χ0v) is 29.5. The number of carbonyl (C=O) groups excluding carboxylic acids is 2. The average molecular weight is 680 g/mol. The number of hydrogen-bond acceptors (Lipinski definition) is 7. The molecule has 2 amide bonds. The molecule has 0 saturated carbocycles. The van der Waals surface area contributed by atoms with Gasteiger partial charge in [0.15, 0.2) is 5.82 Å². The van der Waals surface area contributed by atoms with Gasteiger partial charge in [-0.2, -0.15) is 10.2 Å². The Morgan fingerprint density at radius 3 is 2.36 bits per heavy atom. The highest BCUT2D eigenvalue weighted by Crippen LogP contribution is 2.35. The molecule has 0 bridgehead atoms. The summed E-state index contributed by atoms with van der Waals surface area (Å²) in [5, 5.41) is 15.5. The summed E-state index contributed by atoms with van der Waals surface area (Å²) in [6, 6.07) is 22.7. The topological polar surface area (TPSA) is 118 Å². The molecule has 11 nitrogen and oxygen atoms in total. The Morgan fingerprint density at radius 1 is 0.980 bits per heavy atom. The molecular formula is C38H42FN7O4. The first-order chi connectivity index (χ1) is 23.6. The molecule has 2 unspecified atom stereocenters. The predicted octanol–water partition coefficient (Wildman–Crippen LogP) is 7.86. The van der Waals surface area contributed by atoms with E-state index in [4.69, 9.17) is 19.6 Å². The minimum absolute atomic E-state index is 0.131. The number of aryl methyl sites for hydroxylation is 1. The zero-order valence-electron chi connectivity index (χ0n) is 29.5. The van der Waals surface area contributed by atoms with E-state index >= 15 is 4.39 Å². The predicted molar refractivity (Wildman–Crippen MR) is 188 cm³/mol. The number of amides is 2. The number of alkyl halides is 1. The molecule has 2 aromatic carbocycles. The lowest BCUT2D eigenvalue weighted by molar-refractivity contribution is 0.0108. The van der Waals surface area contributed by atoms with E-state index in [1.165, 1.54) is 9.80 Å². The SMILES string of the molecule is Cc1cc2c(C#N)cccc2n1-c1nc(N(Cc2ccccc2)C(=O)OC(C)(C)C)c2ccc(C3CCN(C(=O)OC(C)(C)C)CC3F)n2n1. The molecule has 0 spiro atoms. The summed E-state index contributed by atoms with van der Waals surface area (Å²) in [5.41, 5.74) is 2.40. The lowest BCUT2D eigenvalue weighted by atomic mass is 9.92. The van der Waals surface area contributed by atoms with Crippen LogP contribution in [0.2, 0.25) is 0 Å². The van der Waals surface area contributed by atoms with E-state index in [-0.39, 0.29) is 24.9 Å². The van der Waals surface area contributed by atoms with Crippen molar-refractivity contribution in [2.45, 2.75) is 84.7 Å². The standard InChI is InChI=1S/C38H42FN7O4/c1-24-20-28-26(21-40)14-11-15-30(28)45(24)34-41-33(44(36(48)50-38(5,6)7)22-25-12-9-8-10-13-25)32-17-16-31(46(32)42-34)27-18-19-43(23-29(27)39)35(47)49-37(2,3)4/h8-17,20,27,29H,18-19,22-23H2,1-7H3. The van der Waals surface area contributed by atoms with Gasteiger partial charge in [0.05, 0.1) is 30.2 Å². The van der Waals surface area contributed by atoms with Crippen LogP contribution in [-0.2, 0) is 16.0 Å². The van der Waals surface area contributed by atoms with Crippen molar-refractivity contribution in [2.24, 2.45) is 0 Å². The van der Waals surface area contributed by atoms with Gasteiger partial charge in [0, 0.05) is 29.2 Å². The molecule has 260 valence electrons. The van der Waals surface area contributed by atoms with Crippen molar-refractivity contribution in [1.82, 2.24) is 24.1 Å². The number of aromatic nitrogens is 4. The molecule has 50 heavy (non-hydrogen) atoms. The quantitative estimate of drug-likeness (QED) is 0.186. The number of ether oxygens (including phenoxy) is 2. The largest absolute Gasteiger partial charge is 0.444 e. The third-order valence-electron chi connectivity index (χ3n) is 8.49. The fraction of sp³-hybridized carbons (Fsp3) is 0.395. The average Bonchev–Trinajstić information content (AvgIpc) is 3.62. The van der Waals surface area contributed by atoms with Crippen LogP contribution in [0.1, 0.15) is 76.4 Å². The summed E-state index contributed by atoms with van der Waals surface area (Å²) in [7, 11) is 0. The number of carbonyl (C=O) groups is 2. The van der Waals surface area contributed by atoms with Gasteiger partial charge in [-0.05, 0) is 90.8 Å². The van der Waals surface area contributed by atoms with Gasteiger partial charge in [0.2, 0.25) is 0 Å². The molecule has 5 aromatic rings. The number of nitrogens with zero attached hydrogens (tertiary/aromatic N) is 7. The van der Waals surface area contributed by atoms with E-state index in [9.17, 15) is 14.9 Å². The van der Waals surface area contributed by atoms with E-state index in [0.717, 1.165) is 16.6 Å². The number of hydrogen-bond donors (Lipinski definition) is 0. The number of anilines is 1. The van der Waals surface area contributed by atoms with Gasteiger partial charge >= 0.3 is 12.2 Å². The molecule has 0 radical (unpaired) electrons. The number of benzene rings is 2. The van der Waals surface area contributed by atoms with Crippen LogP contribution in [0.4, 0.5) is 19.8 Å². The first-order valence-corrected chi connectivity index (χ1v) is 16.7. The van der Waals surface area contributed by atoms with Crippen LogP contribution in [0.25, 0.3) is 22.4 Å². The van der Waals surface area contributed by atoms with Crippen LogP contribution in [0.3, 0.4) is 0 Å². The third kappa shape index (κ3) is 6.99. The molecule has 1 aliphatic heterocycles. The molecular weight excluding hydrogens is 637 g/mol. The van der Waals surface area contributed by atoms with Crippen molar-refractivity contribution >= 4 is 34.4 Å². The Morgan fingerprint density at radius 2 is 1.70 bits per heavy atom. The second-order valence-corrected chi connectivity index (χ2v) is 14.7. The molecule has 12 heteroatoms. The number of rotatable bonds is 5. The third-order valence-corrected chi connectivity index (χ3v) is 8.49. The molecule has 0 aliphatic carbocycles. The zero-order chi connectivity index (χ0) is 36.0. The van der Waals surface area contributed by atoms with Crippen LogP contribution in [-0.4, -0.2) is 66.7 Å². The molecule has 1 aliphatic rings. The van der Waals surface area contributed by atoms with E-state index in [2.05, 4.69) is 6.07 Å². The summed E-state index contributed by atoms with van der Waals surface area (Å²) in [6.45, 7) is 12.9. The first-order valence-electron chi connectivity index (χ1n) is 16.7. The highest BCUT2D eigenvalue weighted by Gasteiger charge is 2.37. The Hall–Kier alpha value is -5.44. The van der Waals surface area contributed by atoms with Gasteiger partial charge in [-0.1, -0.05) is 36.4 Å². The van der Waals surface area contributed by atoms with Gasteiger partial charge in [0.25, 0.3) is 5.95 Å². The maximum absolute atomic E-state index is 16.1. The van der Waals surface area contributed by atoms with Gasteiger partial charge < -0.3 is 14.4 Å². The van der Waals surface area contributed by atoms with E-state index in [1.807, 2.05) is 60.0 Å². The molecule has 4 heterocycles. The molecule has 1 saturated heterocycles. The number of halogens is 1. The molecule has 0 N–H and O–H groups in total. The smallest absolute Gasteiger partial charge is 0.416 e. The lowest BCUT2D eigenvalue weighted by Crippen LogP contribution is -2.46. The van der Waals surface area contributed by atoms with E-state index < -0.39 is 35.5 Å². The molecule has 6 rings (SSSR count). The van der Waals surface area contributed by atoms with Crippen molar-refractivity contribution in [2.75, 3.05) is 18.0 Å². The minimum Gasteiger partial charge on any atom is -0.444 e. The van der Waals surface area contributed by atoms with Gasteiger partial charge in [-0.25, -0.2) is 18.5 Å². The lowest BCUT2D eigenvalue weighted by Gasteiger charge is -2.35. The number of piperidine rings is 1. The Balaban J connectivity index is 1.52.